The third-order valence-electron chi connectivity index (χ3n) is 4.51. The molecule has 0 saturated carbocycles. The van der Waals surface area contributed by atoms with Gasteiger partial charge in [0.25, 0.3) is 0 Å². The van der Waals surface area contributed by atoms with Crippen LogP contribution in [0, 0.1) is 0 Å². The van der Waals surface area contributed by atoms with Crippen LogP contribution in [0.15, 0.2) is 24.3 Å². The molecule has 1 atom stereocenters. The molecule has 2 rings (SSSR count). The van der Waals surface area contributed by atoms with Gasteiger partial charge in [-0.25, -0.2) is 4.79 Å². The molecule has 0 radical (unpaired) electrons. The zero-order chi connectivity index (χ0) is 16.5. The van der Waals surface area contributed by atoms with Gasteiger partial charge in [0.15, 0.2) is 0 Å². The summed E-state index contributed by atoms with van der Waals surface area (Å²) in [7, 11) is -0.365. The molecule has 120 valence electrons. The van der Waals surface area contributed by atoms with Crippen LogP contribution in [0.4, 0.5) is 4.79 Å². The zero-order valence-corrected chi connectivity index (χ0v) is 13.9. The Morgan fingerprint density at radius 1 is 1.18 bits per heavy atom. The van der Waals surface area contributed by atoms with Crippen LogP contribution in [-0.4, -0.2) is 31.0 Å². The van der Waals surface area contributed by atoms with E-state index >= 15 is 0 Å². The largest absolute Gasteiger partial charge is 0.494 e. The molecule has 0 aliphatic carbocycles. The first kappa shape index (κ1) is 16.8. The smallest absolute Gasteiger partial charge is 0.449 e. The minimum Gasteiger partial charge on any atom is -0.449 e. The second kappa shape index (κ2) is 5.93. The molecular formula is C16H24BNO4. The van der Waals surface area contributed by atoms with Crippen molar-refractivity contribution in [2.45, 2.75) is 51.7 Å². The van der Waals surface area contributed by atoms with Gasteiger partial charge in [-0.15, -0.1) is 0 Å². The number of rotatable bonds is 4. The fraction of sp³-hybridized carbons (Fsp3) is 0.562. The average Bonchev–Trinajstić information content (AvgIpc) is 2.65. The lowest BCUT2D eigenvalue weighted by Gasteiger charge is -2.32. The molecule has 1 heterocycles. The van der Waals surface area contributed by atoms with Crippen molar-refractivity contribution in [1.82, 2.24) is 0 Å². The van der Waals surface area contributed by atoms with Crippen molar-refractivity contribution in [2.75, 3.05) is 6.61 Å². The molecule has 1 aliphatic heterocycles. The SMILES string of the molecule is C[C@@H](COC(N)=O)c1ccc(B2OC(C)(C)C(C)(C)O2)cc1. The summed E-state index contributed by atoms with van der Waals surface area (Å²) in [6.07, 6.45) is -0.749. The van der Waals surface area contributed by atoms with E-state index in [2.05, 4.69) is 0 Å². The number of hydrogen-bond acceptors (Lipinski definition) is 4. The highest BCUT2D eigenvalue weighted by atomic mass is 16.7. The minimum absolute atomic E-state index is 0.0832. The summed E-state index contributed by atoms with van der Waals surface area (Å²) in [6, 6.07) is 7.96. The van der Waals surface area contributed by atoms with Crippen LogP contribution in [0.25, 0.3) is 0 Å². The number of hydrogen-bond donors (Lipinski definition) is 1. The highest BCUT2D eigenvalue weighted by Gasteiger charge is 2.51. The molecule has 0 aromatic heterocycles. The van der Waals surface area contributed by atoms with Crippen molar-refractivity contribution >= 4 is 18.7 Å². The molecule has 0 bridgehead atoms. The maximum absolute atomic E-state index is 10.7. The van der Waals surface area contributed by atoms with Crippen molar-refractivity contribution in [2.24, 2.45) is 5.73 Å². The molecule has 1 aliphatic rings. The Bertz CT molecular complexity index is 526. The first-order valence-electron chi connectivity index (χ1n) is 7.50. The summed E-state index contributed by atoms with van der Waals surface area (Å²) in [6.45, 7) is 10.4. The van der Waals surface area contributed by atoms with E-state index in [4.69, 9.17) is 19.8 Å². The van der Waals surface area contributed by atoms with Crippen LogP contribution in [0.3, 0.4) is 0 Å². The van der Waals surface area contributed by atoms with Crippen LogP contribution in [0.5, 0.6) is 0 Å². The fourth-order valence-electron chi connectivity index (χ4n) is 2.26. The fourth-order valence-corrected chi connectivity index (χ4v) is 2.26. The van der Waals surface area contributed by atoms with Gasteiger partial charge in [-0.2, -0.15) is 0 Å². The van der Waals surface area contributed by atoms with E-state index in [-0.39, 0.29) is 30.8 Å². The van der Waals surface area contributed by atoms with Crippen molar-refractivity contribution in [3.63, 3.8) is 0 Å². The van der Waals surface area contributed by atoms with Crippen molar-refractivity contribution in [3.8, 4) is 0 Å². The number of primary amides is 1. The summed E-state index contributed by atoms with van der Waals surface area (Å²) >= 11 is 0. The number of amides is 1. The van der Waals surface area contributed by atoms with Gasteiger partial charge in [-0.05, 0) is 38.7 Å². The van der Waals surface area contributed by atoms with Gasteiger partial charge in [0, 0.05) is 5.92 Å². The molecule has 2 N–H and O–H groups in total. The van der Waals surface area contributed by atoms with E-state index in [9.17, 15) is 4.79 Å². The number of nitrogens with two attached hydrogens (primary N) is 1. The summed E-state index contributed by atoms with van der Waals surface area (Å²) in [4.78, 5) is 10.7. The predicted octanol–water partition coefficient (Wildman–Crippen LogP) is 2.18. The predicted molar refractivity (Wildman–Crippen MR) is 86.1 cm³/mol. The Labute approximate surface area is 132 Å². The Morgan fingerprint density at radius 3 is 2.14 bits per heavy atom. The van der Waals surface area contributed by atoms with Gasteiger partial charge in [0.05, 0.1) is 17.8 Å². The van der Waals surface area contributed by atoms with Gasteiger partial charge < -0.3 is 19.8 Å². The third kappa shape index (κ3) is 3.44. The highest BCUT2D eigenvalue weighted by Crippen LogP contribution is 2.36. The summed E-state index contributed by atoms with van der Waals surface area (Å²) in [5.74, 6) is 0.0832. The molecule has 1 saturated heterocycles. The molecular weight excluding hydrogens is 281 g/mol. The molecule has 0 unspecified atom stereocenters. The monoisotopic (exact) mass is 305 g/mol. The lowest BCUT2D eigenvalue weighted by molar-refractivity contribution is 0.00578. The maximum atomic E-state index is 10.7. The van der Waals surface area contributed by atoms with Gasteiger partial charge in [0.1, 0.15) is 0 Å². The molecule has 1 fully saturated rings. The third-order valence-corrected chi connectivity index (χ3v) is 4.51. The summed E-state index contributed by atoms with van der Waals surface area (Å²) in [5, 5.41) is 0. The van der Waals surface area contributed by atoms with E-state index in [1.54, 1.807) is 0 Å². The molecule has 1 aromatic rings. The summed E-state index contributed by atoms with van der Waals surface area (Å²) < 4.78 is 16.9. The topological polar surface area (TPSA) is 70.8 Å². The maximum Gasteiger partial charge on any atom is 0.494 e. The number of ether oxygens (including phenoxy) is 1. The van der Waals surface area contributed by atoms with E-state index in [1.807, 2.05) is 58.9 Å². The zero-order valence-electron chi connectivity index (χ0n) is 13.9. The first-order valence-corrected chi connectivity index (χ1v) is 7.50. The Hall–Kier alpha value is -1.53. The standard InChI is InChI=1S/C16H24BNO4/c1-11(10-20-14(18)19)12-6-8-13(9-7-12)17-21-15(2,3)16(4,5)22-17/h6-9,11H,10H2,1-5H3,(H2,18,19)/t11-/m0/s1. The van der Waals surface area contributed by atoms with Crippen molar-refractivity contribution in [3.05, 3.63) is 29.8 Å². The highest BCUT2D eigenvalue weighted by molar-refractivity contribution is 6.62. The van der Waals surface area contributed by atoms with Crippen LogP contribution >= 0.6 is 0 Å². The van der Waals surface area contributed by atoms with E-state index in [0.29, 0.717) is 0 Å². The Kier molecular flexibility index (Phi) is 4.54. The van der Waals surface area contributed by atoms with Gasteiger partial charge >= 0.3 is 13.2 Å². The van der Waals surface area contributed by atoms with E-state index < -0.39 is 6.09 Å². The quantitative estimate of drug-likeness (QED) is 0.866. The van der Waals surface area contributed by atoms with Gasteiger partial charge in [-0.1, -0.05) is 31.2 Å². The van der Waals surface area contributed by atoms with Crippen molar-refractivity contribution in [1.29, 1.82) is 0 Å². The molecule has 6 heteroatoms. The van der Waals surface area contributed by atoms with Crippen LogP contribution in [0.1, 0.15) is 46.1 Å². The minimum atomic E-state index is -0.749. The molecule has 1 amide bonds. The number of benzene rings is 1. The van der Waals surface area contributed by atoms with Gasteiger partial charge in [-0.3, -0.25) is 0 Å². The number of carbonyl (C=O) groups is 1. The second-order valence-corrected chi connectivity index (χ2v) is 6.79. The normalized spacial score (nSPS) is 20.7. The van der Waals surface area contributed by atoms with Crippen LogP contribution in [-0.2, 0) is 14.0 Å². The lowest BCUT2D eigenvalue weighted by atomic mass is 9.78. The Morgan fingerprint density at radius 2 is 1.68 bits per heavy atom. The Balaban J connectivity index is 2.05. The molecule has 5 nitrogen and oxygen atoms in total. The second-order valence-electron chi connectivity index (χ2n) is 6.79. The van der Waals surface area contributed by atoms with Gasteiger partial charge in [0.2, 0.25) is 0 Å². The van der Waals surface area contributed by atoms with Crippen LogP contribution < -0.4 is 11.2 Å². The summed E-state index contributed by atoms with van der Waals surface area (Å²) in [5.41, 5.74) is 6.33. The number of carbonyl (C=O) groups excluding carboxylic acids is 1. The van der Waals surface area contributed by atoms with Crippen molar-refractivity contribution < 1.29 is 18.8 Å². The van der Waals surface area contributed by atoms with E-state index in [0.717, 1.165) is 11.0 Å². The average molecular weight is 305 g/mol. The molecule has 0 spiro atoms. The van der Waals surface area contributed by atoms with E-state index in [1.165, 1.54) is 0 Å². The van der Waals surface area contributed by atoms with Crippen LogP contribution in [0.2, 0.25) is 0 Å². The first-order chi connectivity index (χ1) is 10.1. The lowest BCUT2D eigenvalue weighted by Crippen LogP contribution is -2.41. The molecule has 1 aromatic carbocycles. The molecule has 22 heavy (non-hydrogen) atoms.